The Morgan fingerprint density at radius 3 is 2.74 bits per heavy atom. The second-order valence-corrected chi connectivity index (χ2v) is 7.10. The molecule has 0 radical (unpaired) electrons. The molecule has 4 aromatic rings. The molecular weight excluding hydrogens is 358 g/mol. The molecule has 2 aromatic heterocycles. The van der Waals surface area contributed by atoms with Crippen molar-refractivity contribution >= 4 is 22.4 Å². The fourth-order valence-corrected chi connectivity index (χ4v) is 3.47. The lowest BCUT2D eigenvalue weighted by Crippen LogP contribution is -2.18. The summed E-state index contributed by atoms with van der Waals surface area (Å²) in [5, 5.41) is 3.03. The molecule has 0 spiro atoms. The summed E-state index contributed by atoms with van der Waals surface area (Å²) in [6.07, 6.45) is 3.74. The van der Waals surface area contributed by atoms with E-state index in [1.165, 1.54) is 10.9 Å². The predicted octanol–water partition coefficient (Wildman–Crippen LogP) is 5.48. The third kappa shape index (κ3) is 3.72. The lowest BCUT2D eigenvalue weighted by molar-refractivity contribution is 0.314. The first kappa shape index (κ1) is 17.7. The van der Waals surface area contributed by atoms with Gasteiger partial charge < -0.3 is 4.42 Å². The maximum atomic E-state index is 6.27. The number of hydrogen-bond acceptors (Lipinski definition) is 4. The normalized spacial score (nSPS) is 11.4. The lowest BCUT2D eigenvalue weighted by Gasteiger charge is -2.17. The van der Waals surface area contributed by atoms with Crippen molar-refractivity contribution in [3.63, 3.8) is 0 Å². The summed E-state index contributed by atoms with van der Waals surface area (Å²) in [5.74, 6) is 1.39. The van der Waals surface area contributed by atoms with Crippen LogP contribution in [0.4, 0.5) is 0 Å². The molecule has 2 aromatic carbocycles. The second kappa shape index (κ2) is 7.51. The van der Waals surface area contributed by atoms with E-state index in [-0.39, 0.29) is 0 Å². The average molecular weight is 378 g/mol. The zero-order chi connectivity index (χ0) is 18.8. The van der Waals surface area contributed by atoms with Crippen LogP contribution in [0.1, 0.15) is 17.0 Å². The molecule has 0 fully saturated rings. The van der Waals surface area contributed by atoms with Crippen molar-refractivity contribution in [2.75, 3.05) is 7.05 Å². The number of aromatic nitrogens is 2. The number of aryl methyl sites for hydroxylation is 1. The molecule has 0 atom stereocenters. The summed E-state index contributed by atoms with van der Waals surface area (Å²) in [6, 6.07) is 16.0. The quantitative estimate of drug-likeness (QED) is 0.461. The highest BCUT2D eigenvalue weighted by Gasteiger charge is 2.15. The van der Waals surface area contributed by atoms with Crippen molar-refractivity contribution < 1.29 is 4.42 Å². The van der Waals surface area contributed by atoms with Gasteiger partial charge in [0.2, 0.25) is 5.89 Å². The van der Waals surface area contributed by atoms with Gasteiger partial charge in [0.1, 0.15) is 5.76 Å². The van der Waals surface area contributed by atoms with E-state index >= 15 is 0 Å². The van der Waals surface area contributed by atoms with Crippen LogP contribution < -0.4 is 0 Å². The molecule has 2 heterocycles. The molecular formula is C22H20ClN3O. The fourth-order valence-electron chi connectivity index (χ4n) is 3.25. The van der Waals surface area contributed by atoms with Gasteiger partial charge in [0.05, 0.1) is 16.3 Å². The van der Waals surface area contributed by atoms with E-state index in [2.05, 4.69) is 46.2 Å². The van der Waals surface area contributed by atoms with Gasteiger partial charge >= 0.3 is 0 Å². The first-order chi connectivity index (χ1) is 13.1. The second-order valence-electron chi connectivity index (χ2n) is 6.69. The van der Waals surface area contributed by atoms with E-state index in [0.717, 1.165) is 28.9 Å². The van der Waals surface area contributed by atoms with Gasteiger partial charge in [-0.15, -0.1) is 0 Å². The topological polar surface area (TPSA) is 42.2 Å². The molecule has 0 N–H and O–H groups in total. The number of benzene rings is 2. The monoisotopic (exact) mass is 377 g/mol. The van der Waals surface area contributed by atoms with E-state index in [9.17, 15) is 0 Å². The Morgan fingerprint density at radius 1 is 1.04 bits per heavy atom. The van der Waals surface area contributed by atoms with Gasteiger partial charge in [0.15, 0.2) is 0 Å². The Hall–Kier alpha value is -2.69. The number of hydrogen-bond donors (Lipinski definition) is 0. The molecule has 27 heavy (non-hydrogen) atoms. The fraction of sp³-hybridized carbons (Fsp3) is 0.182. The number of halogens is 1. The maximum absolute atomic E-state index is 6.27. The van der Waals surface area contributed by atoms with Crippen LogP contribution in [0.2, 0.25) is 5.02 Å². The van der Waals surface area contributed by atoms with E-state index in [1.807, 2.05) is 43.6 Å². The molecule has 5 heteroatoms. The predicted molar refractivity (Wildman–Crippen MR) is 109 cm³/mol. The molecule has 4 rings (SSSR count). The smallest absolute Gasteiger partial charge is 0.228 e. The van der Waals surface area contributed by atoms with Gasteiger partial charge in [0, 0.05) is 30.9 Å². The third-order valence-corrected chi connectivity index (χ3v) is 4.96. The van der Waals surface area contributed by atoms with Gasteiger partial charge in [-0.3, -0.25) is 9.88 Å². The standard InChI is InChI=1S/C22H20ClN3O/c1-15-21(25-22(27-15)19-8-3-4-9-20(19)23)14-26(2)13-17-7-5-6-16-12-24-11-10-18(16)17/h3-12H,13-14H2,1-2H3. The highest BCUT2D eigenvalue weighted by atomic mass is 35.5. The minimum atomic E-state index is 0.567. The Balaban J connectivity index is 1.55. The van der Waals surface area contributed by atoms with Crippen LogP contribution in [0.5, 0.6) is 0 Å². The molecule has 0 aliphatic heterocycles. The molecule has 0 bridgehead atoms. The molecule has 4 nitrogen and oxygen atoms in total. The number of rotatable bonds is 5. The molecule has 0 saturated heterocycles. The van der Waals surface area contributed by atoms with Gasteiger partial charge in [0.25, 0.3) is 0 Å². The minimum absolute atomic E-state index is 0.567. The first-order valence-electron chi connectivity index (χ1n) is 8.83. The lowest BCUT2D eigenvalue weighted by atomic mass is 10.1. The highest BCUT2D eigenvalue weighted by molar-refractivity contribution is 6.33. The molecule has 136 valence electrons. The first-order valence-corrected chi connectivity index (χ1v) is 9.21. The van der Waals surface area contributed by atoms with Crippen LogP contribution in [0.15, 0.2) is 65.3 Å². The number of pyridine rings is 1. The van der Waals surface area contributed by atoms with Gasteiger partial charge in [-0.2, -0.15) is 0 Å². The maximum Gasteiger partial charge on any atom is 0.228 e. The van der Waals surface area contributed by atoms with Crippen molar-refractivity contribution in [3.05, 3.63) is 83.0 Å². The van der Waals surface area contributed by atoms with E-state index in [4.69, 9.17) is 16.0 Å². The average Bonchev–Trinajstić information content (AvgIpc) is 3.02. The number of oxazole rings is 1. The number of nitrogens with zero attached hydrogens (tertiary/aromatic N) is 3. The van der Waals surface area contributed by atoms with Crippen molar-refractivity contribution in [2.24, 2.45) is 0 Å². The SMILES string of the molecule is Cc1oc(-c2ccccc2Cl)nc1CN(C)Cc1cccc2cnccc12. The summed E-state index contributed by atoms with van der Waals surface area (Å²) < 4.78 is 5.87. The Labute approximate surface area is 163 Å². The molecule has 0 amide bonds. The number of fused-ring (bicyclic) bond motifs is 1. The Kier molecular flexibility index (Phi) is 4.92. The molecule has 0 aliphatic carbocycles. The van der Waals surface area contributed by atoms with Gasteiger partial charge in [-0.05, 0) is 43.1 Å². The van der Waals surface area contributed by atoms with Crippen LogP contribution in [-0.4, -0.2) is 21.9 Å². The third-order valence-electron chi connectivity index (χ3n) is 4.63. The van der Waals surface area contributed by atoms with Crippen molar-refractivity contribution in [2.45, 2.75) is 20.0 Å². The Bertz CT molecular complexity index is 1080. The summed E-state index contributed by atoms with van der Waals surface area (Å²) in [7, 11) is 2.09. The zero-order valence-electron chi connectivity index (χ0n) is 15.3. The largest absolute Gasteiger partial charge is 0.441 e. The van der Waals surface area contributed by atoms with Crippen molar-refractivity contribution in [1.82, 2.24) is 14.9 Å². The van der Waals surface area contributed by atoms with Crippen molar-refractivity contribution in [1.29, 1.82) is 0 Å². The van der Waals surface area contributed by atoms with Gasteiger partial charge in [-0.25, -0.2) is 4.98 Å². The highest BCUT2D eigenvalue weighted by Crippen LogP contribution is 2.29. The van der Waals surface area contributed by atoms with E-state index in [0.29, 0.717) is 17.5 Å². The van der Waals surface area contributed by atoms with Gasteiger partial charge in [-0.1, -0.05) is 41.9 Å². The summed E-state index contributed by atoms with van der Waals surface area (Å²) in [4.78, 5) is 11.1. The molecule has 0 unspecified atom stereocenters. The summed E-state index contributed by atoms with van der Waals surface area (Å²) in [5.41, 5.74) is 3.01. The van der Waals surface area contributed by atoms with Crippen LogP contribution in [0.3, 0.4) is 0 Å². The van der Waals surface area contributed by atoms with E-state index < -0.39 is 0 Å². The minimum Gasteiger partial charge on any atom is -0.441 e. The summed E-state index contributed by atoms with van der Waals surface area (Å²) in [6.45, 7) is 3.45. The van der Waals surface area contributed by atoms with E-state index in [1.54, 1.807) is 0 Å². The molecule has 0 saturated carbocycles. The Morgan fingerprint density at radius 2 is 1.89 bits per heavy atom. The van der Waals surface area contributed by atoms with Crippen LogP contribution in [-0.2, 0) is 13.1 Å². The zero-order valence-corrected chi connectivity index (χ0v) is 16.1. The van der Waals surface area contributed by atoms with Crippen LogP contribution in [0.25, 0.3) is 22.2 Å². The summed E-state index contributed by atoms with van der Waals surface area (Å²) >= 11 is 6.27. The van der Waals surface area contributed by atoms with Crippen LogP contribution in [0, 0.1) is 6.92 Å². The van der Waals surface area contributed by atoms with Crippen molar-refractivity contribution in [3.8, 4) is 11.5 Å². The molecule has 0 aliphatic rings. The van der Waals surface area contributed by atoms with Crippen LogP contribution >= 0.6 is 11.6 Å².